The summed E-state index contributed by atoms with van der Waals surface area (Å²) in [6, 6.07) is 8.02. The Labute approximate surface area is 92.4 Å². The van der Waals surface area contributed by atoms with Gasteiger partial charge in [-0.1, -0.05) is 18.2 Å². The third kappa shape index (κ3) is 2.79. The van der Waals surface area contributed by atoms with E-state index in [1.54, 1.807) is 30.3 Å². The molecule has 1 aromatic carbocycles. The molecule has 1 N–H and O–H groups in total. The van der Waals surface area contributed by atoms with Crippen LogP contribution in [0.15, 0.2) is 29.8 Å². The van der Waals surface area contributed by atoms with Crippen molar-refractivity contribution in [3.8, 4) is 6.07 Å². The lowest BCUT2D eigenvalue weighted by Gasteiger charge is -1.98. The number of ketones is 1. The minimum Gasteiger partial charge on any atom is -0.477 e. The van der Waals surface area contributed by atoms with E-state index in [1.165, 1.54) is 13.0 Å². The second-order valence-electron chi connectivity index (χ2n) is 3.16. The normalized spacial score (nSPS) is 10.6. The first-order valence-corrected chi connectivity index (χ1v) is 4.50. The lowest BCUT2D eigenvalue weighted by Crippen LogP contribution is -1.98. The van der Waals surface area contributed by atoms with Crippen LogP contribution in [-0.2, 0) is 4.79 Å². The molecule has 0 aromatic heterocycles. The van der Waals surface area contributed by atoms with Gasteiger partial charge in [0.15, 0.2) is 5.78 Å². The van der Waals surface area contributed by atoms with Crippen LogP contribution in [-0.4, -0.2) is 16.9 Å². The Bertz CT molecular complexity index is 509. The van der Waals surface area contributed by atoms with Crippen molar-refractivity contribution in [3.63, 3.8) is 0 Å². The van der Waals surface area contributed by atoms with Crippen LogP contribution >= 0.6 is 0 Å². The van der Waals surface area contributed by atoms with Gasteiger partial charge in [0, 0.05) is 5.56 Å². The Kier molecular flexibility index (Phi) is 3.57. The SMILES string of the molecule is CC(=O)c1cccc(/C=C(/C#N)C(=O)O)c1. The van der Waals surface area contributed by atoms with Gasteiger partial charge in [0.2, 0.25) is 0 Å². The van der Waals surface area contributed by atoms with E-state index in [4.69, 9.17) is 10.4 Å². The number of nitrogens with zero attached hydrogens (tertiary/aromatic N) is 1. The van der Waals surface area contributed by atoms with Gasteiger partial charge in [0.05, 0.1) is 0 Å². The molecule has 0 unspecified atom stereocenters. The minimum absolute atomic E-state index is 0.107. The molecule has 0 spiro atoms. The summed E-state index contributed by atoms with van der Waals surface area (Å²) in [6.07, 6.45) is 1.23. The quantitative estimate of drug-likeness (QED) is 0.474. The van der Waals surface area contributed by atoms with Crippen molar-refractivity contribution < 1.29 is 14.7 Å². The molecular weight excluding hydrogens is 206 g/mol. The fourth-order valence-electron chi connectivity index (χ4n) is 1.16. The molecule has 0 saturated carbocycles. The fraction of sp³-hybridized carbons (Fsp3) is 0.0833. The van der Waals surface area contributed by atoms with E-state index < -0.39 is 5.97 Å². The predicted octanol–water partition coefficient (Wildman–Crippen LogP) is 1.88. The molecule has 0 aliphatic heterocycles. The van der Waals surface area contributed by atoms with Gasteiger partial charge in [-0.25, -0.2) is 4.79 Å². The van der Waals surface area contributed by atoms with Gasteiger partial charge in [0.1, 0.15) is 11.6 Å². The molecule has 1 aromatic rings. The molecule has 0 atom stereocenters. The molecule has 16 heavy (non-hydrogen) atoms. The summed E-state index contributed by atoms with van der Waals surface area (Å²) in [7, 11) is 0. The molecule has 0 amide bonds. The number of Topliss-reactive ketones (excluding diaryl/α,β-unsaturated/α-hetero) is 1. The summed E-state index contributed by atoms with van der Waals surface area (Å²) >= 11 is 0. The number of carboxylic acids is 1. The highest BCUT2D eigenvalue weighted by Gasteiger charge is 2.06. The molecule has 0 aliphatic carbocycles. The number of carbonyl (C=O) groups excluding carboxylic acids is 1. The average molecular weight is 215 g/mol. The minimum atomic E-state index is -1.28. The molecule has 0 radical (unpaired) electrons. The van der Waals surface area contributed by atoms with Crippen molar-refractivity contribution in [2.75, 3.05) is 0 Å². The number of carboxylic acid groups (broad SMARTS) is 1. The van der Waals surface area contributed by atoms with E-state index in [1.807, 2.05) is 0 Å². The van der Waals surface area contributed by atoms with Crippen molar-refractivity contribution in [2.24, 2.45) is 0 Å². The second-order valence-corrected chi connectivity index (χ2v) is 3.16. The molecular formula is C12H9NO3. The van der Waals surface area contributed by atoms with Gasteiger partial charge in [-0.15, -0.1) is 0 Å². The third-order valence-corrected chi connectivity index (χ3v) is 1.96. The number of benzene rings is 1. The van der Waals surface area contributed by atoms with Crippen LogP contribution in [0.1, 0.15) is 22.8 Å². The summed E-state index contributed by atoms with van der Waals surface area (Å²) in [4.78, 5) is 21.7. The summed E-state index contributed by atoms with van der Waals surface area (Å²) in [6.45, 7) is 1.42. The van der Waals surface area contributed by atoms with E-state index in [9.17, 15) is 9.59 Å². The zero-order valence-corrected chi connectivity index (χ0v) is 8.60. The Hall–Kier alpha value is -2.41. The van der Waals surface area contributed by atoms with Crippen LogP contribution < -0.4 is 0 Å². The monoisotopic (exact) mass is 215 g/mol. The molecule has 4 heteroatoms. The van der Waals surface area contributed by atoms with Crippen molar-refractivity contribution in [3.05, 3.63) is 41.0 Å². The molecule has 0 saturated heterocycles. The summed E-state index contributed by atoms with van der Waals surface area (Å²) in [5, 5.41) is 17.2. The lowest BCUT2D eigenvalue weighted by molar-refractivity contribution is -0.132. The van der Waals surface area contributed by atoms with Crippen LogP contribution in [0.25, 0.3) is 6.08 Å². The van der Waals surface area contributed by atoms with Gasteiger partial charge >= 0.3 is 5.97 Å². The molecule has 0 aliphatic rings. The highest BCUT2D eigenvalue weighted by atomic mass is 16.4. The highest BCUT2D eigenvalue weighted by molar-refractivity contribution is 5.98. The van der Waals surface area contributed by atoms with Crippen molar-refractivity contribution in [1.82, 2.24) is 0 Å². The number of nitriles is 1. The molecule has 1 rings (SSSR count). The Morgan fingerprint density at radius 2 is 2.12 bits per heavy atom. The number of carbonyl (C=O) groups is 2. The third-order valence-electron chi connectivity index (χ3n) is 1.96. The van der Waals surface area contributed by atoms with Gasteiger partial charge in [-0.05, 0) is 24.6 Å². The lowest BCUT2D eigenvalue weighted by atomic mass is 10.1. The maximum atomic E-state index is 11.1. The zero-order chi connectivity index (χ0) is 12.1. The topological polar surface area (TPSA) is 78.2 Å². The Morgan fingerprint density at radius 3 is 2.62 bits per heavy atom. The summed E-state index contributed by atoms with van der Waals surface area (Å²) < 4.78 is 0. The first kappa shape index (κ1) is 11.7. The molecule has 0 heterocycles. The van der Waals surface area contributed by atoms with Gasteiger partial charge in [-0.3, -0.25) is 4.79 Å². The Balaban J connectivity index is 3.16. The van der Waals surface area contributed by atoms with Gasteiger partial charge in [0.25, 0.3) is 0 Å². The molecule has 0 bridgehead atoms. The van der Waals surface area contributed by atoms with Crippen molar-refractivity contribution >= 4 is 17.8 Å². The van der Waals surface area contributed by atoms with Crippen LogP contribution in [0.3, 0.4) is 0 Å². The van der Waals surface area contributed by atoms with Crippen molar-refractivity contribution in [2.45, 2.75) is 6.92 Å². The van der Waals surface area contributed by atoms with E-state index in [-0.39, 0.29) is 11.4 Å². The van der Waals surface area contributed by atoms with E-state index >= 15 is 0 Å². The maximum Gasteiger partial charge on any atom is 0.346 e. The van der Waals surface area contributed by atoms with Crippen LogP contribution in [0.5, 0.6) is 0 Å². The smallest absolute Gasteiger partial charge is 0.346 e. The zero-order valence-electron chi connectivity index (χ0n) is 8.60. The molecule has 4 nitrogen and oxygen atoms in total. The number of hydrogen-bond donors (Lipinski definition) is 1. The fourth-order valence-corrected chi connectivity index (χ4v) is 1.16. The van der Waals surface area contributed by atoms with E-state index in [2.05, 4.69) is 0 Å². The number of aliphatic carboxylic acids is 1. The van der Waals surface area contributed by atoms with E-state index in [0.717, 1.165) is 0 Å². The van der Waals surface area contributed by atoms with Crippen LogP contribution in [0.2, 0.25) is 0 Å². The standard InChI is InChI=1S/C12H9NO3/c1-8(14)10-4-2-3-9(5-10)6-11(7-13)12(15)16/h2-6H,1H3,(H,15,16)/b11-6-. The Morgan fingerprint density at radius 1 is 1.44 bits per heavy atom. The molecule has 0 fully saturated rings. The van der Waals surface area contributed by atoms with Crippen molar-refractivity contribution in [1.29, 1.82) is 5.26 Å². The van der Waals surface area contributed by atoms with Crippen LogP contribution in [0.4, 0.5) is 0 Å². The first-order valence-electron chi connectivity index (χ1n) is 4.50. The largest absolute Gasteiger partial charge is 0.477 e. The summed E-state index contributed by atoms with van der Waals surface area (Å²) in [5.41, 5.74) is 0.642. The van der Waals surface area contributed by atoms with Gasteiger partial charge < -0.3 is 5.11 Å². The van der Waals surface area contributed by atoms with E-state index in [0.29, 0.717) is 11.1 Å². The summed E-state index contributed by atoms with van der Waals surface area (Å²) in [5.74, 6) is -1.39. The first-order chi connectivity index (χ1) is 7.54. The van der Waals surface area contributed by atoms with Crippen LogP contribution in [0, 0.1) is 11.3 Å². The highest BCUT2D eigenvalue weighted by Crippen LogP contribution is 2.10. The number of rotatable bonds is 3. The number of hydrogen-bond acceptors (Lipinski definition) is 3. The average Bonchev–Trinajstić information content (AvgIpc) is 2.25. The van der Waals surface area contributed by atoms with Gasteiger partial charge in [-0.2, -0.15) is 5.26 Å². The second kappa shape index (κ2) is 4.89. The maximum absolute atomic E-state index is 11.1. The molecule has 80 valence electrons. The predicted molar refractivity (Wildman–Crippen MR) is 57.7 cm³/mol.